The van der Waals surface area contributed by atoms with Crippen molar-refractivity contribution in [2.45, 2.75) is 6.92 Å². The normalized spacial score (nSPS) is 10.7. The van der Waals surface area contributed by atoms with E-state index in [-0.39, 0.29) is 5.91 Å². The smallest absolute Gasteiger partial charge is 0.256 e. The first kappa shape index (κ1) is 13.5. The molecule has 0 unspecified atom stereocenters. The number of aromatic nitrogens is 1. The van der Waals surface area contributed by atoms with Gasteiger partial charge in [0.15, 0.2) is 0 Å². The third kappa shape index (κ3) is 2.55. The second-order valence-electron chi connectivity index (χ2n) is 4.42. The Hall–Kier alpha value is -1.47. The Morgan fingerprint density at radius 1 is 1.35 bits per heavy atom. The van der Waals surface area contributed by atoms with E-state index >= 15 is 0 Å². The maximum Gasteiger partial charge on any atom is 0.256 e. The molecule has 0 saturated carbocycles. The van der Waals surface area contributed by atoms with Crippen molar-refractivity contribution in [2.75, 3.05) is 5.32 Å². The first-order valence-electron chi connectivity index (χ1n) is 6.05. The number of aryl methyl sites for hydroxylation is 1. The van der Waals surface area contributed by atoms with Crippen molar-refractivity contribution in [1.29, 1.82) is 0 Å². The van der Waals surface area contributed by atoms with Crippen molar-refractivity contribution in [1.82, 2.24) is 4.98 Å². The lowest BCUT2D eigenvalue weighted by atomic mass is 10.1. The van der Waals surface area contributed by atoms with E-state index in [2.05, 4.69) is 32.9 Å². The fourth-order valence-corrected chi connectivity index (χ4v) is 3.37. The van der Waals surface area contributed by atoms with Gasteiger partial charge in [0.2, 0.25) is 0 Å². The van der Waals surface area contributed by atoms with E-state index in [1.54, 1.807) is 17.5 Å². The molecule has 0 aliphatic heterocycles. The maximum atomic E-state index is 12.2. The van der Waals surface area contributed by atoms with Crippen LogP contribution >= 0.6 is 33.9 Å². The number of nitrogens with zero attached hydrogens (tertiary/aromatic N) is 1. The molecule has 0 spiro atoms. The van der Waals surface area contributed by atoms with E-state index < -0.39 is 0 Å². The number of amides is 1. The number of carbonyl (C=O) groups is 1. The van der Waals surface area contributed by atoms with Gasteiger partial charge >= 0.3 is 0 Å². The quantitative estimate of drug-likeness (QED) is 0.652. The van der Waals surface area contributed by atoms with Crippen LogP contribution in [0.3, 0.4) is 0 Å². The summed E-state index contributed by atoms with van der Waals surface area (Å²) in [5, 5.41) is 5.80. The van der Waals surface area contributed by atoms with Crippen LogP contribution in [-0.4, -0.2) is 10.9 Å². The van der Waals surface area contributed by atoms with Crippen molar-refractivity contribution in [3.8, 4) is 0 Å². The second kappa shape index (κ2) is 5.49. The molecule has 1 amide bonds. The second-order valence-corrected chi connectivity index (χ2v) is 7.23. The number of rotatable bonds is 2. The van der Waals surface area contributed by atoms with Gasteiger partial charge in [0.05, 0.1) is 19.7 Å². The van der Waals surface area contributed by atoms with Gasteiger partial charge in [-0.3, -0.25) is 9.78 Å². The van der Waals surface area contributed by atoms with Crippen LogP contribution in [0.15, 0.2) is 41.9 Å². The van der Waals surface area contributed by atoms with E-state index in [4.69, 9.17) is 0 Å². The van der Waals surface area contributed by atoms with E-state index in [1.165, 1.54) is 0 Å². The average Bonchev–Trinajstić information content (AvgIpc) is 2.89. The summed E-state index contributed by atoms with van der Waals surface area (Å²) in [6.07, 6.45) is 1.77. The first-order chi connectivity index (χ1) is 9.65. The van der Waals surface area contributed by atoms with Gasteiger partial charge in [0, 0.05) is 17.0 Å². The standard InChI is InChI=1S/C15H11IN2OS/c1-9-4-5-12(11-3-2-6-17-14(9)11)18-15(19)10-7-13(16)20-8-10/h2-8H,1H3,(H,18,19). The third-order valence-electron chi connectivity index (χ3n) is 3.05. The summed E-state index contributed by atoms with van der Waals surface area (Å²) < 4.78 is 1.10. The topological polar surface area (TPSA) is 42.0 Å². The number of benzene rings is 1. The number of fused-ring (bicyclic) bond motifs is 1. The molecule has 0 atom stereocenters. The Bertz CT molecular complexity index is 797. The molecule has 3 nitrogen and oxygen atoms in total. The minimum atomic E-state index is -0.0850. The first-order valence-corrected chi connectivity index (χ1v) is 8.01. The van der Waals surface area contributed by atoms with Crippen molar-refractivity contribution in [2.24, 2.45) is 0 Å². The number of thiophene rings is 1. The van der Waals surface area contributed by atoms with Crippen LogP contribution in [0.1, 0.15) is 15.9 Å². The van der Waals surface area contributed by atoms with Crippen LogP contribution < -0.4 is 5.32 Å². The fraction of sp³-hybridized carbons (Fsp3) is 0.0667. The van der Waals surface area contributed by atoms with Gasteiger partial charge in [-0.2, -0.15) is 0 Å². The van der Waals surface area contributed by atoms with Crippen molar-refractivity contribution in [3.63, 3.8) is 0 Å². The van der Waals surface area contributed by atoms with Gasteiger partial charge in [0.25, 0.3) is 5.91 Å². The Kier molecular flexibility index (Phi) is 3.71. The Balaban J connectivity index is 1.99. The molecule has 2 heterocycles. The molecular formula is C15H11IN2OS. The van der Waals surface area contributed by atoms with Crippen molar-refractivity contribution >= 4 is 56.4 Å². The molecule has 1 N–H and O–H groups in total. The van der Waals surface area contributed by atoms with Gasteiger partial charge in [-0.05, 0) is 59.3 Å². The highest BCUT2D eigenvalue weighted by Crippen LogP contribution is 2.25. The minimum absolute atomic E-state index is 0.0850. The van der Waals surface area contributed by atoms with Crippen LogP contribution in [0.5, 0.6) is 0 Å². The zero-order valence-electron chi connectivity index (χ0n) is 10.7. The zero-order valence-corrected chi connectivity index (χ0v) is 13.7. The molecule has 20 heavy (non-hydrogen) atoms. The highest BCUT2D eigenvalue weighted by Gasteiger charge is 2.11. The minimum Gasteiger partial charge on any atom is -0.321 e. The summed E-state index contributed by atoms with van der Waals surface area (Å²) in [4.78, 5) is 16.6. The molecule has 0 radical (unpaired) electrons. The molecule has 0 fully saturated rings. The van der Waals surface area contributed by atoms with Crippen LogP contribution in [0.2, 0.25) is 0 Å². The van der Waals surface area contributed by atoms with Crippen LogP contribution in [0.4, 0.5) is 5.69 Å². The summed E-state index contributed by atoms with van der Waals surface area (Å²) in [5.74, 6) is -0.0850. The Labute approximate surface area is 134 Å². The maximum absolute atomic E-state index is 12.2. The summed E-state index contributed by atoms with van der Waals surface area (Å²) in [5.41, 5.74) is 3.51. The van der Waals surface area contributed by atoms with E-state index in [1.807, 2.05) is 42.6 Å². The van der Waals surface area contributed by atoms with Crippen molar-refractivity contribution < 1.29 is 4.79 Å². The van der Waals surface area contributed by atoms with Gasteiger partial charge in [-0.25, -0.2) is 0 Å². The van der Waals surface area contributed by atoms with Gasteiger partial charge in [0.1, 0.15) is 0 Å². The third-order valence-corrected chi connectivity index (χ3v) is 4.84. The van der Waals surface area contributed by atoms with E-state index in [0.29, 0.717) is 5.56 Å². The lowest BCUT2D eigenvalue weighted by Crippen LogP contribution is -2.11. The number of anilines is 1. The highest BCUT2D eigenvalue weighted by atomic mass is 127. The molecule has 1 aromatic carbocycles. The van der Waals surface area contributed by atoms with E-state index in [9.17, 15) is 4.79 Å². The van der Waals surface area contributed by atoms with Crippen LogP contribution in [-0.2, 0) is 0 Å². The molecule has 3 aromatic rings. The molecule has 5 heteroatoms. The van der Waals surface area contributed by atoms with Crippen LogP contribution in [0.25, 0.3) is 10.9 Å². The van der Waals surface area contributed by atoms with Crippen LogP contribution in [0, 0.1) is 9.81 Å². The Morgan fingerprint density at radius 2 is 2.20 bits per heavy atom. The summed E-state index contributed by atoms with van der Waals surface area (Å²) in [6, 6.07) is 9.64. The molecule has 2 aromatic heterocycles. The lowest BCUT2D eigenvalue weighted by molar-refractivity contribution is 0.102. The summed E-state index contributed by atoms with van der Waals surface area (Å²) >= 11 is 3.77. The average molecular weight is 394 g/mol. The number of nitrogens with one attached hydrogen (secondary N) is 1. The fourth-order valence-electron chi connectivity index (χ4n) is 2.05. The monoisotopic (exact) mass is 394 g/mol. The molecular weight excluding hydrogens is 383 g/mol. The van der Waals surface area contributed by atoms with Gasteiger partial charge in [-0.1, -0.05) is 6.07 Å². The number of hydrogen-bond acceptors (Lipinski definition) is 3. The molecule has 0 bridgehead atoms. The molecule has 0 saturated heterocycles. The highest BCUT2D eigenvalue weighted by molar-refractivity contribution is 14.1. The summed E-state index contributed by atoms with van der Waals surface area (Å²) in [6.45, 7) is 2.02. The van der Waals surface area contributed by atoms with Gasteiger partial charge < -0.3 is 5.32 Å². The number of halogens is 1. The lowest BCUT2D eigenvalue weighted by Gasteiger charge is -2.09. The van der Waals surface area contributed by atoms with E-state index in [0.717, 1.165) is 25.0 Å². The predicted molar refractivity (Wildman–Crippen MR) is 91.5 cm³/mol. The number of carbonyl (C=O) groups excluding carboxylic acids is 1. The molecule has 0 aliphatic rings. The number of pyridine rings is 1. The number of hydrogen-bond donors (Lipinski definition) is 1. The summed E-state index contributed by atoms with van der Waals surface area (Å²) in [7, 11) is 0. The van der Waals surface area contributed by atoms with Gasteiger partial charge in [-0.15, -0.1) is 11.3 Å². The zero-order chi connectivity index (χ0) is 14.1. The van der Waals surface area contributed by atoms with Crippen molar-refractivity contribution in [3.05, 3.63) is 55.9 Å². The largest absolute Gasteiger partial charge is 0.321 e. The molecule has 0 aliphatic carbocycles. The predicted octanol–water partition coefficient (Wildman–Crippen LogP) is 4.46. The molecule has 3 rings (SSSR count). The Morgan fingerprint density at radius 3 is 2.95 bits per heavy atom. The SMILES string of the molecule is Cc1ccc(NC(=O)c2csc(I)c2)c2cccnc12. The molecule has 100 valence electrons.